The highest BCUT2D eigenvalue weighted by molar-refractivity contribution is 5.78. The lowest BCUT2D eigenvalue weighted by Crippen LogP contribution is -2.42. The van der Waals surface area contributed by atoms with Gasteiger partial charge in [0.15, 0.2) is 11.6 Å². The van der Waals surface area contributed by atoms with E-state index in [0.29, 0.717) is 17.5 Å². The summed E-state index contributed by atoms with van der Waals surface area (Å²) in [5, 5.41) is 3.31. The summed E-state index contributed by atoms with van der Waals surface area (Å²) in [6.07, 6.45) is 3.82. The number of aromatic nitrogens is 2. The molecule has 1 saturated heterocycles. The SMILES string of the molecule is Cc1cccc(Nc2ncnc(N(C)C3CCN(C)CC3)c2N)c1. The maximum atomic E-state index is 6.36. The van der Waals surface area contributed by atoms with Gasteiger partial charge in [0, 0.05) is 18.8 Å². The van der Waals surface area contributed by atoms with Gasteiger partial charge in [0.1, 0.15) is 12.0 Å². The molecule has 0 bridgehead atoms. The first-order valence-corrected chi connectivity index (χ1v) is 8.40. The number of nitrogens with zero attached hydrogens (tertiary/aromatic N) is 4. The van der Waals surface area contributed by atoms with E-state index in [1.807, 2.05) is 12.1 Å². The van der Waals surface area contributed by atoms with Gasteiger partial charge in [-0.2, -0.15) is 0 Å². The van der Waals surface area contributed by atoms with Crippen LogP contribution >= 0.6 is 0 Å². The summed E-state index contributed by atoms with van der Waals surface area (Å²) in [7, 11) is 4.24. The van der Waals surface area contributed by atoms with Crippen LogP contribution in [0.15, 0.2) is 30.6 Å². The minimum Gasteiger partial charge on any atom is -0.393 e. The Balaban J connectivity index is 1.80. The molecule has 128 valence electrons. The van der Waals surface area contributed by atoms with E-state index >= 15 is 0 Å². The van der Waals surface area contributed by atoms with Gasteiger partial charge in [0.05, 0.1) is 0 Å². The van der Waals surface area contributed by atoms with Crippen molar-refractivity contribution in [2.45, 2.75) is 25.8 Å². The van der Waals surface area contributed by atoms with Crippen LogP contribution in [0.5, 0.6) is 0 Å². The first-order valence-electron chi connectivity index (χ1n) is 8.40. The molecular weight excluding hydrogens is 300 g/mol. The van der Waals surface area contributed by atoms with Crippen LogP contribution in [0.25, 0.3) is 0 Å². The zero-order valence-electron chi connectivity index (χ0n) is 14.7. The molecule has 0 radical (unpaired) electrons. The molecule has 3 N–H and O–H groups in total. The number of hydrogen-bond donors (Lipinski definition) is 2. The van der Waals surface area contributed by atoms with Crippen molar-refractivity contribution in [3.05, 3.63) is 36.2 Å². The molecule has 2 aromatic rings. The lowest BCUT2D eigenvalue weighted by Gasteiger charge is -2.36. The second kappa shape index (κ2) is 7.05. The molecule has 1 aromatic heterocycles. The molecule has 6 heteroatoms. The van der Waals surface area contributed by atoms with Crippen LogP contribution in [0.4, 0.5) is 23.0 Å². The molecule has 2 heterocycles. The second-order valence-corrected chi connectivity index (χ2v) is 6.60. The van der Waals surface area contributed by atoms with Crippen LogP contribution in [-0.2, 0) is 0 Å². The lowest BCUT2D eigenvalue weighted by atomic mass is 10.0. The number of anilines is 4. The highest BCUT2D eigenvalue weighted by Crippen LogP contribution is 2.30. The predicted octanol–water partition coefficient (Wildman–Crippen LogP) is 2.64. The fraction of sp³-hybridized carbons (Fsp3) is 0.444. The van der Waals surface area contributed by atoms with Crippen LogP contribution in [0.1, 0.15) is 18.4 Å². The summed E-state index contributed by atoms with van der Waals surface area (Å²) >= 11 is 0. The summed E-state index contributed by atoms with van der Waals surface area (Å²) in [6, 6.07) is 8.62. The normalized spacial score (nSPS) is 16.1. The van der Waals surface area contributed by atoms with Crippen molar-refractivity contribution in [2.24, 2.45) is 0 Å². The average molecular weight is 326 g/mol. The van der Waals surface area contributed by atoms with Crippen LogP contribution in [0.2, 0.25) is 0 Å². The smallest absolute Gasteiger partial charge is 0.159 e. The Morgan fingerprint density at radius 3 is 2.71 bits per heavy atom. The van der Waals surface area contributed by atoms with E-state index in [1.54, 1.807) is 6.33 Å². The molecule has 0 saturated carbocycles. The molecule has 24 heavy (non-hydrogen) atoms. The van der Waals surface area contributed by atoms with Gasteiger partial charge in [0.2, 0.25) is 0 Å². The highest BCUT2D eigenvalue weighted by atomic mass is 15.2. The third kappa shape index (κ3) is 3.59. The fourth-order valence-corrected chi connectivity index (χ4v) is 3.18. The molecule has 0 spiro atoms. The van der Waals surface area contributed by atoms with E-state index in [2.05, 4.69) is 58.2 Å². The molecule has 3 rings (SSSR count). The Bertz CT molecular complexity index is 694. The first kappa shape index (κ1) is 16.5. The topological polar surface area (TPSA) is 70.3 Å². The summed E-state index contributed by atoms with van der Waals surface area (Å²) < 4.78 is 0. The molecule has 1 aliphatic rings. The van der Waals surface area contributed by atoms with Gasteiger partial charge in [0.25, 0.3) is 0 Å². The number of nitrogen functional groups attached to an aromatic ring is 1. The van der Waals surface area contributed by atoms with Gasteiger partial charge in [-0.25, -0.2) is 9.97 Å². The second-order valence-electron chi connectivity index (χ2n) is 6.60. The van der Waals surface area contributed by atoms with Crippen molar-refractivity contribution in [1.82, 2.24) is 14.9 Å². The Labute approximate surface area is 143 Å². The molecule has 0 aliphatic carbocycles. The average Bonchev–Trinajstić information content (AvgIpc) is 2.57. The third-order valence-electron chi connectivity index (χ3n) is 4.71. The Kier molecular flexibility index (Phi) is 4.85. The fourth-order valence-electron chi connectivity index (χ4n) is 3.18. The Morgan fingerprint density at radius 2 is 2.00 bits per heavy atom. The maximum absolute atomic E-state index is 6.36. The van der Waals surface area contributed by atoms with Gasteiger partial charge in [-0.3, -0.25) is 0 Å². The van der Waals surface area contributed by atoms with E-state index in [1.165, 1.54) is 5.56 Å². The largest absolute Gasteiger partial charge is 0.393 e. The number of nitrogens with one attached hydrogen (secondary N) is 1. The van der Waals surface area contributed by atoms with E-state index < -0.39 is 0 Å². The van der Waals surface area contributed by atoms with E-state index in [9.17, 15) is 0 Å². The van der Waals surface area contributed by atoms with Crippen LogP contribution in [-0.4, -0.2) is 48.1 Å². The van der Waals surface area contributed by atoms with Crippen molar-refractivity contribution >= 4 is 23.0 Å². The summed E-state index contributed by atoms with van der Waals surface area (Å²) in [5.41, 5.74) is 9.13. The molecule has 6 nitrogen and oxygen atoms in total. The number of benzene rings is 1. The summed E-state index contributed by atoms with van der Waals surface area (Å²) in [5.74, 6) is 1.46. The molecule has 0 amide bonds. The van der Waals surface area contributed by atoms with Gasteiger partial charge < -0.3 is 20.9 Å². The van der Waals surface area contributed by atoms with Crippen LogP contribution in [0.3, 0.4) is 0 Å². The molecule has 1 aliphatic heterocycles. The van der Waals surface area contributed by atoms with E-state index in [0.717, 1.165) is 37.4 Å². The lowest BCUT2D eigenvalue weighted by molar-refractivity contribution is 0.252. The molecule has 1 fully saturated rings. The van der Waals surface area contributed by atoms with Crippen molar-refractivity contribution in [3.63, 3.8) is 0 Å². The summed E-state index contributed by atoms with van der Waals surface area (Å²) in [4.78, 5) is 13.3. The molecule has 0 unspecified atom stereocenters. The van der Waals surface area contributed by atoms with E-state index in [-0.39, 0.29) is 0 Å². The maximum Gasteiger partial charge on any atom is 0.159 e. The number of likely N-dealkylation sites (tertiary alicyclic amines) is 1. The zero-order chi connectivity index (χ0) is 17.1. The van der Waals surface area contributed by atoms with Crippen molar-refractivity contribution in [3.8, 4) is 0 Å². The van der Waals surface area contributed by atoms with Gasteiger partial charge in [-0.1, -0.05) is 12.1 Å². The highest BCUT2D eigenvalue weighted by Gasteiger charge is 2.23. The predicted molar refractivity (Wildman–Crippen MR) is 99.8 cm³/mol. The van der Waals surface area contributed by atoms with Gasteiger partial charge in [-0.15, -0.1) is 0 Å². The Hall–Kier alpha value is -2.34. The minimum atomic E-state index is 0.463. The van der Waals surface area contributed by atoms with Crippen molar-refractivity contribution in [1.29, 1.82) is 0 Å². The third-order valence-corrected chi connectivity index (χ3v) is 4.71. The number of piperidine rings is 1. The van der Waals surface area contributed by atoms with Crippen LogP contribution in [0, 0.1) is 6.92 Å². The number of rotatable bonds is 4. The van der Waals surface area contributed by atoms with Gasteiger partial charge >= 0.3 is 0 Å². The number of nitrogens with two attached hydrogens (primary N) is 1. The molecular formula is C18H26N6. The van der Waals surface area contributed by atoms with Crippen LogP contribution < -0.4 is 16.0 Å². The van der Waals surface area contributed by atoms with Gasteiger partial charge in [-0.05, 0) is 57.6 Å². The summed E-state index contributed by atoms with van der Waals surface area (Å²) in [6.45, 7) is 4.27. The monoisotopic (exact) mass is 326 g/mol. The molecule has 0 atom stereocenters. The quantitative estimate of drug-likeness (QED) is 0.900. The zero-order valence-corrected chi connectivity index (χ0v) is 14.7. The minimum absolute atomic E-state index is 0.463. The van der Waals surface area contributed by atoms with E-state index in [4.69, 9.17) is 5.73 Å². The Morgan fingerprint density at radius 1 is 1.25 bits per heavy atom. The number of aryl methyl sites for hydroxylation is 1. The first-order chi connectivity index (χ1) is 11.5. The van der Waals surface area contributed by atoms with Crippen molar-refractivity contribution < 1.29 is 0 Å². The number of hydrogen-bond acceptors (Lipinski definition) is 6. The molecule has 1 aromatic carbocycles. The van der Waals surface area contributed by atoms with Crippen molar-refractivity contribution in [2.75, 3.05) is 43.1 Å². The standard InChI is InChI=1S/C18H26N6/c1-13-5-4-6-14(11-13)22-17-16(19)18(21-12-20-17)24(3)15-7-9-23(2)10-8-15/h4-6,11-12,15H,7-10,19H2,1-3H3,(H,20,21,22).